The van der Waals surface area contributed by atoms with Gasteiger partial charge in [-0.1, -0.05) is 24.3 Å². The van der Waals surface area contributed by atoms with E-state index < -0.39 is 11.6 Å². The SMILES string of the molecule is Cn1cc(CN2CCC3(CC(=O)c4cc(/C=C/C(=O)O)ccc4O3)C2)c2ccccc21. The molecule has 6 nitrogen and oxygen atoms in total. The molecule has 5 rings (SSSR count). The van der Waals surface area contributed by atoms with Gasteiger partial charge in [0.2, 0.25) is 0 Å². The molecule has 158 valence electrons. The maximum Gasteiger partial charge on any atom is 0.328 e. The molecule has 1 spiro atoms. The Kier molecular flexibility index (Phi) is 4.67. The summed E-state index contributed by atoms with van der Waals surface area (Å²) < 4.78 is 8.54. The minimum atomic E-state index is -1.02. The van der Waals surface area contributed by atoms with E-state index in [-0.39, 0.29) is 5.78 Å². The number of ketones is 1. The third kappa shape index (κ3) is 3.64. The van der Waals surface area contributed by atoms with Crippen LogP contribution < -0.4 is 4.74 Å². The number of carboxylic acid groups (broad SMARTS) is 1. The second kappa shape index (κ2) is 7.39. The van der Waals surface area contributed by atoms with E-state index in [0.29, 0.717) is 29.8 Å². The summed E-state index contributed by atoms with van der Waals surface area (Å²) in [7, 11) is 2.07. The van der Waals surface area contributed by atoms with Crippen molar-refractivity contribution in [1.29, 1.82) is 0 Å². The highest BCUT2D eigenvalue weighted by atomic mass is 16.5. The number of aryl methyl sites for hydroxylation is 1. The normalized spacial score (nSPS) is 21.1. The van der Waals surface area contributed by atoms with Crippen LogP contribution in [0.4, 0.5) is 0 Å². The Hall–Kier alpha value is -3.38. The molecule has 1 aromatic heterocycles. The fourth-order valence-corrected chi connectivity index (χ4v) is 4.87. The van der Waals surface area contributed by atoms with Crippen LogP contribution in [0.3, 0.4) is 0 Å². The van der Waals surface area contributed by atoms with Crippen molar-refractivity contribution >= 4 is 28.7 Å². The first kappa shape index (κ1) is 19.6. The number of ether oxygens (including phenoxy) is 1. The van der Waals surface area contributed by atoms with Crippen LogP contribution in [0.1, 0.15) is 34.3 Å². The van der Waals surface area contributed by atoms with Gasteiger partial charge in [0.05, 0.1) is 12.0 Å². The number of Topliss-reactive ketones (excluding diaryl/α,β-unsaturated/α-hetero) is 1. The highest BCUT2D eigenvalue weighted by molar-refractivity contribution is 6.01. The molecule has 1 fully saturated rings. The third-order valence-electron chi connectivity index (χ3n) is 6.30. The van der Waals surface area contributed by atoms with Gasteiger partial charge in [0, 0.05) is 56.3 Å². The summed E-state index contributed by atoms with van der Waals surface area (Å²) in [6.07, 6.45) is 5.90. The van der Waals surface area contributed by atoms with E-state index in [4.69, 9.17) is 9.84 Å². The summed E-state index contributed by atoms with van der Waals surface area (Å²) in [5, 5.41) is 10.1. The van der Waals surface area contributed by atoms with Crippen LogP contribution in [0.15, 0.2) is 54.7 Å². The van der Waals surface area contributed by atoms with Gasteiger partial charge in [-0.25, -0.2) is 4.79 Å². The van der Waals surface area contributed by atoms with Crippen molar-refractivity contribution in [2.45, 2.75) is 25.0 Å². The second-order valence-electron chi connectivity index (χ2n) is 8.56. The van der Waals surface area contributed by atoms with Gasteiger partial charge in [-0.2, -0.15) is 0 Å². The molecule has 6 heteroatoms. The lowest BCUT2D eigenvalue weighted by Gasteiger charge is -2.35. The van der Waals surface area contributed by atoms with Crippen molar-refractivity contribution in [3.05, 3.63) is 71.4 Å². The molecule has 1 N–H and O–H groups in total. The molecule has 2 aliphatic rings. The number of para-hydroxylation sites is 1. The van der Waals surface area contributed by atoms with Gasteiger partial charge in [0.25, 0.3) is 0 Å². The largest absolute Gasteiger partial charge is 0.485 e. The van der Waals surface area contributed by atoms with Gasteiger partial charge >= 0.3 is 5.97 Å². The molecule has 3 aromatic rings. The summed E-state index contributed by atoms with van der Waals surface area (Å²) in [6, 6.07) is 13.7. The van der Waals surface area contributed by atoms with Crippen molar-refractivity contribution in [1.82, 2.24) is 9.47 Å². The van der Waals surface area contributed by atoms with Crippen LogP contribution in [0, 0.1) is 0 Å². The number of hydrogen-bond acceptors (Lipinski definition) is 4. The molecular weight excluding hydrogens is 392 g/mol. The standard InChI is InChI=1S/C25H24N2O4/c1-26-14-18(19-4-2-3-5-21(19)26)15-27-11-10-25(16-27)13-22(28)20-12-17(7-9-24(29)30)6-8-23(20)31-25/h2-9,12,14H,10-11,13,15-16H2,1H3,(H,29,30)/b9-7+. The Bertz CT molecular complexity index is 1230. The molecule has 0 amide bonds. The van der Waals surface area contributed by atoms with Crippen LogP contribution in [0.5, 0.6) is 5.75 Å². The highest BCUT2D eigenvalue weighted by Crippen LogP contribution is 2.40. The summed E-state index contributed by atoms with van der Waals surface area (Å²) in [4.78, 5) is 26.0. The lowest BCUT2D eigenvalue weighted by atomic mass is 9.88. The Balaban J connectivity index is 1.34. The van der Waals surface area contributed by atoms with Gasteiger partial charge in [-0.3, -0.25) is 9.69 Å². The lowest BCUT2D eigenvalue weighted by molar-refractivity contribution is -0.131. The van der Waals surface area contributed by atoms with Crippen LogP contribution >= 0.6 is 0 Å². The molecule has 0 saturated carbocycles. The molecule has 0 bridgehead atoms. The van der Waals surface area contributed by atoms with Gasteiger partial charge in [0.15, 0.2) is 5.78 Å². The van der Waals surface area contributed by atoms with E-state index in [1.807, 2.05) is 0 Å². The average molecular weight is 416 g/mol. The number of fused-ring (bicyclic) bond motifs is 2. The predicted molar refractivity (Wildman–Crippen MR) is 118 cm³/mol. The number of carboxylic acids is 1. The van der Waals surface area contributed by atoms with Crippen molar-refractivity contribution in [2.24, 2.45) is 7.05 Å². The Morgan fingerprint density at radius 3 is 2.94 bits per heavy atom. The van der Waals surface area contributed by atoms with Gasteiger partial charge in [0.1, 0.15) is 11.4 Å². The van der Waals surface area contributed by atoms with Crippen LogP contribution in [-0.2, 0) is 18.4 Å². The molecule has 1 unspecified atom stereocenters. The number of hydrogen-bond donors (Lipinski definition) is 1. The molecular formula is C25H24N2O4. The number of benzene rings is 2. The topological polar surface area (TPSA) is 71.8 Å². The number of carbonyl (C=O) groups is 2. The Morgan fingerprint density at radius 1 is 1.26 bits per heavy atom. The first-order chi connectivity index (χ1) is 14.9. The smallest absolute Gasteiger partial charge is 0.328 e. The van der Waals surface area contributed by atoms with E-state index >= 15 is 0 Å². The highest BCUT2D eigenvalue weighted by Gasteiger charge is 2.45. The van der Waals surface area contributed by atoms with Gasteiger partial charge < -0.3 is 14.4 Å². The zero-order valence-corrected chi connectivity index (χ0v) is 17.4. The summed E-state index contributed by atoms with van der Waals surface area (Å²) in [5.74, 6) is -0.369. The van der Waals surface area contributed by atoms with E-state index in [0.717, 1.165) is 25.6 Å². The van der Waals surface area contributed by atoms with Gasteiger partial charge in [-0.15, -0.1) is 0 Å². The van der Waals surface area contributed by atoms with Crippen molar-refractivity contribution in [2.75, 3.05) is 13.1 Å². The third-order valence-corrected chi connectivity index (χ3v) is 6.30. The van der Waals surface area contributed by atoms with E-state index in [1.165, 1.54) is 22.5 Å². The molecule has 0 radical (unpaired) electrons. The van der Waals surface area contributed by atoms with Crippen molar-refractivity contribution < 1.29 is 19.4 Å². The summed E-state index contributed by atoms with van der Waals surface area (Å²) in [5.41, 5.74) is 3.22. The second-order valence-corrected chi connectivity index (χ2v) is 8.56. The molecule has 1 saturated heterocycles. The molecule has 31 heavy (non-hydrogen) atoms. The minimum Gasteiger partial charge on any atom is -0.485 e. The fourth-order valence-electron chi connectivity index (χ4n) is 4.87. The molecule has 2 aromatic carbocycles. The molecule has 1 atom stereocenters. The number of rotatable bonds is 4. The number of aromatic nitrogens is 1. The molecule has 3 heterocycles. The van der Waals surface area contributed by atoms with Crippen LogP contribution in [0.2, 0.25) is 0 Å². The maximum absolute atomic E-state index is 12.9. The number of likely N-dealkylation sites (tertiary alicyclic amines) is 1. The summed E-state index contributed by atoms with van der Waals surface area (Å²) in [6.45, 7) is 2.42. The maximum atomic E-state index is 12.9. The van der Waals surface area contributed by atoms with Crippen molar-refractivity contribution in [3.8, 4) is 5.75 Å². The zero-order chi connectivity index (χ0) is 21.6. The lowest BCUT2D eigenvalue weighted by Crippen LogP contribution is -2.44. The monoisotopic (exact) mass is 416 g/mol. The van der Waals surface area contributed by atoms with E-state index in [9.17, 15) is 9.59 Å². The molecule has 0 aliphatic carbocycles. The molecule has 2 aliphatic heterocycles. The van der Waals surface area contributed by atoms with Gasteiger partial charge in [-0.05, 0) is 35.4 Å². The van der Waals surface area contributed by atoms with Crippen LogP contribution in [-0.4, -0.2) is 45.0 Å². The van der Waals surface area contributed by atoms with Crippen LogP contribution in [0.25, 0.3) is 17.0 Å². The average Bonchev–Trinajstić information content (AvgIpc) is 3.27. The zero-order valence-electron chi connectivity index (χ0n) is 17.4. The van der Waals surface area contributed by atoms with E-state index in [1.54, 1.807) is 18.2 Å². The number of aliphatic carboxylic acids is 1. The summed E-state index contributed by atoms with van der Waals surface area (Å²) >= 11 is 0. The first-order valence-electron chi connectivity index (χ1n) is 10.5. The van der Waals surface area contributed by atoms with Crippen molar-refractivity contribution in [3.63, 3.8) is 0 Å². The van der Waals surface area contributed by atoms with E-state index in [2.05, 4.69) is 47.0 Å². The number of carbonyl (C=O) groups excluding carboxylic acids is 1. The minimum absolute atomic E-state index is 0.0545. The first-order valence-corrected chi connectivity index (χ1v) is 10.5. The number of nitrogens with zero attached hydrogens (tertiary/aromatic N) is 2. The predicted octanol–water partition coefficient (Wildman–Crippen LogP) is 3.89. The quantitative estimate of drug-likeness (QED) is 0.654. The fraction of sp³-hybridized carbons (Fsp3) is 0.280. The Morgan fingerprint density at radius 2 is 2.10 bits per heavy atom. The Labute approximate surface area is 180 Å².